The van der Waals surface area contributed by atoms with Crippen molar-refractivity contribution in [2.75, 3.05) is 6.54 Å². The fourth-order valence-corrected chi connectivity index (χ4v) is 1.88. The van der Waals surface area contributed by atoms with Gasteiger partial charge >= 0.3 is 5.97 Å². The van der Waals surface area contributed by atoms with Gasteiger partial charge in [-0.25, -0.2) is 4.79 Å². The van der Waals surface area contributed by atoms with E-state index in [9.17, 15) is 9.59 Å². The van der Waals surface area contributed by atoms with E-state index < -0.39 is 12.0 Å². The third-order valence-electron chi connectivity index (χ3n) is 2.74. The van der Waals surface area contributed by atoms with Crippen LogP contribution in [0.2, 0.25) is 0 Å². The molecule has 1 amide bonds. The number of likely N-dealkylation sites (tertiary alicyclic amines) is 1. The molecule has 1 aliphatic rings. The van der Waals surface area contributed by atoms with E-state index in [1.54, 1.807) is 13.0 Å². The van der Waals surface area contributed by atoms with Gasteiger partial charge in [0.15, 0.2) is 0 Å². The first kappa shape index (κ1) is 11.8. The molecule has 1 heterocycles. The average molecular weight is 211 g/mol. The quantitative estimate of drug-likeness (QED) is 0.700. The Kier molecular flexibility index (Phi) is 3.88. The van der Waals surface area contributed by atoms with Crippen molar-refractivity contribution in [3.63, 3.8) is 0 Å². The van der Waals surface area contributed by atoms with E-state index in [1.807, 2.05) is 6.92 Å². The molecule has 0 bridgehead atoms. The van der Waals surface area contributed by atoms with Crippen LogP contribution in [0.1, 0.15) is 26.7 Å². The lowest BCUT2D eigenvalue weighted by atomic mass is 9.92. The summed E-state index contributed by atoms with van der Waals surface area (Å²) in [5, 5.41) is 9.03. The van der Waals surface area contributed by atoms with Gasteiger partial charge in [-0.05, 0) is 31.8 Å². The third kappa shape index (κ3) is 2.81. The molecule has 84 valence electrons. The molecular formula is C11H17NO3. The topological polar surface area (TPSA) is 57.6 Å². The van der Waals surface area contributed by atoms with E-state index in [1.165, 1.54) is 11.0 Å². The molecule has 1 N–H and O–H groups in total. The maximum atomic E-state index is 11.6. The van der Waals surface area contributed by atoms with E-state index in [-0.39, 0.29) is 5.91 Å². The van der Waals surface area contributed by atoms with E-state index in [0.29, 0.717) is 18.9 Å². The highest BCUT2D eigenvalue weighted by Crippen LogP contribution is 2.22. The van der Waals surface area contributed by atoms with Gasteiger partial charge in [0, 0.05) is 6.54 Å². The van der Waals surface area contributed by atoms with Crippen LogP contribution in [-0.4, -0.2) is 34.5 Å². The Morgan fingerprint density at radius 1 is 1.47 bits per heavy atom. The lowest BCUT2D eigenvalue weighted by Crippen LogP contribution is -2.49. The molecule has 1 rings (SSSR count). The zero-order chi connectivity index (χ0) is 11.4. The highest BCUT2D eigenvalue weighted by molar-refractivity contribution is 5.91. The van der Waals surface area contributed by atoms with Gasteiger partial charge in [0.1, 0.15) is 6.04 Å². The third-order valence-corrected chi connectivity index (χ3v) is 2.74. The summed E-state index contributed by atoms with van der Waals surface area (Å²) in [5.41, 5.74) is 0. The van der Waals surface area contributed by atoms with Crippen LogP contribution in [0.4, 0.5) is 0 Å². The van der Waals surface area contributed by atoms with Gasteiger partial charge in [-0.15, -0.1) is 0 Å². The number of carbonyl (C=O) groups is 2. The Balaban J connectivity index is 2.76. The summed E-state index contributed by atoms with van der Waals surface area (Å²) >= 11 is 0. The number of nitrogens with zero attached hydrogens (tertiary/aromatic N) is 1. The predicted molar refractivity (Wildman–Crippen MR) is 56.3 cm³/mol. The van der Waals surface area contributed by atoms with Gasteiger partial charge in [-0.1, -0.05) is 13.0 Å². The molecule has 0 aromatic heterocycles. The molecule has 1 aliphatic heterocycles. The van der Waals surface area contributed by atoms with Crippen LogP contribution in [0.3, 0.4) is 0 Å². The summed E-state index contributed by atoms with van der Waals surface area (Å²) in [6.45, 7) is 4.31. The van der Waals surface area contributed by atoms with Crippen LogP contribution in [0.5, 0.6) is 0 Å². The van der Waals surface area contributed by atoms with Gasteiger partial charge in [0.05, 0.1) is 0 Å². The molecule has 15 heavy (non-hydrogen) atoms. The molecule has 4 nitrogen and oxygen atoms in total. The first-order valence-electron chi connectivity index (χ1n) is 5.22. The average Bonchev–Trinajstić information content (AvgIpc) is 2.17. The van der Waals surface area contributed by atoms with Crippen LogP contribution < -0.4 is 0 Å². The maximum Gasteiger partial charge on any atom is 0.326 e. The highest BCUT2D eigenvalue weighted by atomic mass is 16.4. The Labute approximate surface area is 89.6 Å². The summed E-state index contributed by atoms with van der Waals surface area (Å²) in [6, 6.07) is -0.655. The zero-order valence-electron chi connectivity index (χ0n) is 9.14. The van der Waals surface area contributed by atoms with Crippen molar-refractivity contribution in [2.45, 2.75) is 32.7 Å². The summed E-state index contributed by atoms with van der Waals surface area (Å²) in [4.78, 5) is 24.0. The monoisotopic (exact) mass is 211 g/mol. The van der Waals surface area contributed by atoms with Gasteiger partial charge in [-0.3, -0.25) is 4.79 Å². The Bertz CT molecular complexity index is 286. The number of amides is 1. The number of carboxylic acids is 1. The van der Waals surface area contributed by atoms with Crippen molar-refractivity contribution in [3.05, 3.63) is 12.2 Å². The number of carbonyl (C=O) groups excluding carboxylic acids is 1. The molecule has 0 aromatic carbocycles. The second-order valence-corrected chi connectivity index (χ2v) is 4.02. The largest absolute Gasteiger partial charge is 0.480 e. The molecule has 0 saturated carbocycles. The van der Waals surface area contributed by atoms with Gasteiger partial charge < -0.3 is 10.0 Å². The van der Waals surface area contributed by atoms with E-state index in [2.05, 4.69) is 0 Å². The van der Waals surface area contributed by atoms with Gasteiger partial charge in [-0.2, -0.15) is 0 Å². The summed E-state index contributed by atoms with van der Waals surface area (Å²) < 4.78 is 0. The van der Waals surface area contributed by atoms with Crippen LogP contribution in [0, 0.1) is 5.92 Å². The molecule has 0 radical (unpaired) electrons. The molecule has 1 saturated heterocycles. The van der Waals surface area contributed by atoms with Crippen molar-refractivity contribution >= 4 is 11.9 Å². The number of hydrogen-bond donors (Lipinski definition) is 1. The minimum atomic E-state index is -0.903. The summed E-state index contributed by atoms with van der Waals surface area (Å²) in [7, 11) is 0. The van der Waals surface area contributed by atoms with Crippen LogP contribution >= 0.6 is 0 Å². The normalized spacial score (nSPS) is 26.9. The molecule has 1 fully saturated rings. The van der Waals surface area contributed by atoms with Crippen LogP contribution in [-0.2, 0) is 9.59 Å². The Morgan fingerprint density at radius 2 is 2.13 bits per heavy atom. The maximum absolute atomic E-state index is 11.6. The number of piperidine rings is 1. The number of aliphatic carboxylic acids is 1. The molecule has 0 aromatic rings. The van der Waals surface area contributed by atoms with E-state index in [0.717, 1.165) is 6.42 Å². The number of rotatable bonds is 2. The molecular weight excluding hydrogens is 194 g/mol. The fourth-order valence-electron chi connectivity index (χ4n) is 1.88. The smallest absolute Gasteiger partial charge is 0.326 e. The van der Waals surface area contributed by atoms with Crippen LogP contribution in [0.15, 0.2) is 12.2 Å². The highest BCUT2D eigenvalue weighted by Gasteiger charge is 2.33. The minimum Gasteiger partial charge on any atom is -0.480 e. The summed E-state index contributed by atoms with van der Waals surface area (Å²) in [6.07, 6.45) is 4.50. The number of allylic oxidation sites excluding steroid dienone is 1. The number of carboxylic acid groups (broad SMARTS) is 1. The Morgan fingerprint density at radius 3 is 2.67 bits per heavy atom. The first-order valence-corrected chi connectivity index (χ1v) is 5.22. The second-order valence-electron chi connectivity index (χ2n) is 4.02. The standard InChI is InChI=1S/C11H17NO3/c1-3-4-10(13)12-6-5-8(2)7-9(12)11(14)15/h3-4,8-9H,5-7H2,1-2H3,(H,14,15)/b4-3+. The Hall–Kier alpha value is -1.32. The van der Waals surface area contributed by atoms with E-state index in [4.69, 9.17) is 5.11 Å². The fraction of sp³-hybridized carbons (Fsp3) is 0.636. The molecule has 2 atom stereocenters. The van der Waals surface area contributed by atoms with Crippen molar-refractivity contribution in [3.8, 4) is 0 Å². The van der Waals surface area contributed by atoms with Gasteiger partial charge in [0.2, 0.25) is 5.91 Å². The zero-order valence-corrected chi connectivity index (χ0v) is 9.14. The lowest BCUT2D eigenvalue weighted by Gasteiger charge is -2.35. The van der Waals surface area contributed by atoms with Crippen molar-refractivity contribution < 1.29 is 14.7 Å². The van der Waals surface area contributed by atoms with Crippen molar-refractivity contribution in [1.29, 1.82) is 0 Å². The predicted octanol–water partition coefficient (Wildman–Crippen LogP) is 1.27. The second kappa shape index (κ2) is 4.96. The lowest BCUT2D eigenvalue weighted by molar-refractivity contribution is -0.151. The van der Waals surface area contributed by atoms with Gasteiger partial charge in [0.25, 0.3) is 0 Å². The molecule has 2 unspecified atom stereocenters. The van der Waals surface area contributed by atoms with Crippen LogP contribution in [0.25, 0.3) is 0 Å². The summed E-state index contributed by atoms with van der Waals surface area (Å²) in [5.74, 6) is -0.725. The SMILES string of the molecule is C/C=C/C(=O)N1CCC(C)CC1C(=O)O. The van der Waals surface area contributed by atoms with Crippen molar-refractivity contribution in [1.82, 2.24) is 4.90 Å². The molecule has 0 spiro atoms. The molecule has 0 aliphatic carbocycles. The van der Waals surface area contributed by atoms with E-state index >= 15 is 0 Å². The number of hydrogen-bond acceptors (Lipinski definition) is 2. The molecule has 4 heteroatoms. The minimum absolute atomic E-state index is 0.197. The first-order chi connectivity index (χ1) is 7.06. The van der Waals surface area contributed by atoms with Crippen molar-refractivity contribution in [2.24, 2.45) is 5.92 Å².